The number of nitrogens with one attached hydrogen (secondary N) is 1. The molecule has 0 bridgehead atoms. The minimum absolute atomic E-state index is 0.181. The number of methoxy groups -OCH3 is 1. The van der Waals surface area contributed by atoms with Crippen LogP contribution in [0.25, 0.3) is 11.0 Å². The van der Waals surface area contributed by atoms with Gasteiger partial charge in [-0.1, -0.05) is 12.1 Å². The van der Waals surface area contributed by atoms with Gasteiger partial charge in [-0.25, -0.2) is 23.2 Å². The van der Waals surface area contributed by atoms with Crippen molar-refractivity contribution in [2.24, 2.45) is 12.2 Å². The molecule has 9 nitrogen and oxygen atoms in total. The molecule has 1 amide bonds. The van der Waals surface area contributed by atoms with Gasteiger partial charge in [0.15, 0.2) is 5.65 Å². The first-order valence-electron chi connectivity index (χ1n) is 9.35. The van der Waals surface area contributed by atoms with E-state index in [1.165, 1.54) is 0 Å². The number of carbonyl (C=O) groups excluding carboxylic acids is 1. The van der Waals surface area contributed by atoms with E-state index in [0.717, 1.165) is 27.9 Å². The second kappa shape index (κ2) is 8.41. The van der Waals surface area contributed by atoms with Gasteiger partial charge >= 0.3 is 0 Å². The predicted octanol–water partition coefficient (Wildman–Crippen LogP) is 1.95. The number of benzene rings is 1. The van der Waals surface area contributed by atoms with Gasteiger partial charge in [-0.2, -0.15) is 0 Å². The fourth-order valence-electron chi connectivity index (χ4n) is 3.54. The Morgan fingerprint density at radius 2 is 2.03 bits per heavy atom. The van der Waals surface area contributed by atoms with Crippen molar-refractivity contribution < 1.29 is 17.9 Å². The van der Waals surface area contributed by atoms with Gasteiger partial charge in [0.1, 0.15) is 0 Å². The van der Waals surface area contributed by atoms with Crippen LogP contribution in [0.15, 0.2) is 24.3 Å². The van der Waals surface area contributed by atoms with Gasteiger partial charge in [-0.05, 0) is 49.1 Å². The molecule has 2 heterocycles. The number of ether oxygens (including phenoxy) is 1. The molecule has 3 N–H and O–H groups in total. The molecule has 0 spiro atoms. The third-order valence-electron chi connectivity index (χ3n) is 4.90. The SMILES string of the molecule is COc1nn(C)c2nc(C)c(CCC(=O)Nc3cccc(CS(N)(=O)=O)c3)c(C)c12. The van der Waals surface area contributed by atoms with E-state index < -0.39 is 10.0 Å². The maximum absolute atomic E-state index is 12.5. The molecule has 0 atom stereocenters. The van der Waals surface area contributed by atoms with Crippen LogP contribution in [0.1, 0.15) is 28.8 Å². The number of aryl methyl sites for hydroxylation is 3. The molecule has 30 heavy (non-hydrogen) atoms. The van der Waals surface area contributed by atoms with Crippen LogP contribution in [0.4, 0.5) is 5.69 Å². The van der Waals surface area contributed by atoms with E-state index in [9.17, 15) is 13.2 Å². The molecule has 10 heteroatoms. The number of amides is 1. The lowest BCUT2D eigenvalue weighted by Crippen LogP contribution is -2.15. The molecule has 0 aliphatic heterocycles. The molecule has 3 rings (SSSR count). The number of rotatable bonds is 7. The van der Waals surface area contributed by atoms with Gasteiger partial charge < -0.3 is 10.1 Å². The first kappa shape index (κ1) is 21.7. The predicted molar refractivity (Wildman–Crippen MR) is 115 cm³/mol. The van der Waals surface area contributed by atoms with Crippen LogP contribution in [0.3, 0.4) is 0 Å². The summed E-state index contributed by atoms with van der Waals surface area (Å²) in [6.07, 6.45) is 0.748. The molecule has 0 fully saturated rings. The van der Waals surface area contributed by atoms with Crippen molar-refractivity contribution in [2.45, 2.75) is 32.4 Å². The summed E-state index contributed by atoms with van der Waals surface area (Å²) in [5.74, 6) is 0.0444. The summed E-state index contributed by atoms with van der Waals surface area (Å²) in [6.45, 7) is 3.89. The summed E-state index contributed by atoms with van der Waals surface area (Å²) in [5, 5.41) is 13.1. The van der Waals surface area contributed by atoms with E-state index in [0.29, 0.717) is 23.6 Å². The number of anilines is 1. The smallest absolute Gasteiger partial charge is 0.242 e. The fraction of sp³-hybridized carbons (Fsp3) is 0.350. The number of aromatic nitrogens is 3. The molecule has 0 aliphatic rings. The van der Waals surface area contributed by atoms with Gasteiger partial charge in [0.2, 0.25) is 21.8 Å². The molecule has 160 valence electrons. The minimum atomic E-state index is -3.64. The zero-order chi connectivity index (χ0) is 22.1. The Morgan fingerprint density at radius 1 is 1.30 bits per heavy atom. The van der Waals surface area contributed by atoms with E-state index in [1.54, 1.807) is 36.1 Å². The topological polar surface area (TPSA) is 129 Å². The lowest BCUT2D eigenvalue weighted by atomic mass is 10.00. The highest BCUT2D eigenvalue weighted by molar-refractivity contribution is 7.88. The van der Waals surface area contributed by atoms with Crippen LogP contribution in [0, 0.1) is 13.8 Å². The Balaban J connectivity index is 1.75. The molecule has 0 unspecified atom stereocenters. The van der Waals surface area contributed by atoms with Crippen LogP contribution >= 0.6 is 0 Å². The van der Waals surface area contributed by atoms with E-state index in [1.807, 2.05) is 20.9 Å². The number of sulfonamides is 1. The normalized spacial score (nSPS) is 11.6. The number of primary sulfonamides is 1. The Labute approximate surface area is 175 Å². The summed E-state index contributed by atoms with van der Waals surface area (Å²) < 4.78 is 29.6. The number of nitrogens with zero attached hydrogens (tertiary/aromatic N) is 3. The van der Waals surface area contributed by atoms with E-state index in [4.69, 9.17) is 9.88 Å². The van der Waals surface area contributed by atoms with Gasteiger partial charge in [0, 0.05) is 24.8 Å². The highest BCUT2D eigenvalue weighted by atomic mass is 32.2. The molecule has 0 saturated heterocycles. The lowest BCUT2D eigenvalue weighted by molar-refractivity contribution is -0.116. The van der Waals surface area contributed by atoms with Gasteiger partial charge in [-0.3, -0.25) is 4.79 Å². The van der Waals surface area contributed by atoms with Gasteiger partial charge in [0.05, 0.1) is 18.2 Å². The molecular weight excluding hydrogens is 406 g/mol. The number of carbonyl (C=O) groups is 1. The van der Waals surface area contributed by atoms with E-state index in [-0.39, 0.29) is 18.1 Å². The third kappa shape index (κ3) is 4.77. The molecule has 1 aromatic carbocycles. The highest BCUT2D eigenvalue weighted by Crippen LogP contribution is 2.30. The third-order valence-corrected chi connectivity index (χ3v) is 5.63. The quantitative estimate of drug-likeness (QED) is 0.588. The summed E-state index contributed by atoms with van der Waals surface area (Å²) in [5.41, 5.74) is 4.59. The van der Waals surface area contributed by atoms with Crippen molar-refractivity contribution in [1.29, 1.82) is 0 Å². The van der Waals surface area contributed by atoms with Crippen LogP contribution in [-0.2, 0) is 34.0 Å². The number of nitrogens with two attached hydrogens (primary N) is 1. The number of hydrogen-bond acceptors (Lipinski definition) is 6. The largest absolute Gasteiger partial charge is 0.479 e. The van der Waals surface area contributed by atoms with Crippen LogP contribution in [-0.4, -0.2) is 36.2 Å². The maximum Gasteiger partial charge on any atom is 0.242 e. The molecule has 0 saturated carbocycles. The van der Waals surface area contributed by atoms with Crippen molar-refractivity contribution in [2.75, 3.05) is 12.4 Å². The second-order valence-electron chi connectivity index (χ2n) is 7.19. The van der Waals surface area contributed by atoms with Crippen molar-refractivity contribution in [3.8, 4) is 5.88 Å². The van der Waals surface area contributed by atoms with Gasteiger partial charge in [0.25, 0.3) is 0 Å². The van der Waals surface area contributed by atoms with Crippen molar-refractivity contribution in [3.05, 3.63) is 46.6 Å². The zero-order valence-electron chi connectivity index (χ0n) is 17.4. The fourth-order valence-corrected chi connectivity index (χ4v) is 4.18. The number of hydrogen-bond donors (Lipinski definition) is 2. The summed E-state index contributed by atoms with van der Waals surface area (Å²) in [4.78, 5) is 17.1. The van der Waals surface area contributed by atoms with Crippen molar-refractivity contribution in [3.63, 3.8) is 0 Å². The molecular formula is C20H25N5O4S. The summed E-state index contributed by atoms with van der Waals surface area (Å²) in [7, 11) is -0.256. The Bertz CT molecular complexity index is 1220. The molecule has 2 aromatic heterocycles. The van der Waals surface area contributed by atoms with E-state index >= 15 is 0 Å². The van der Waals surface area contributed by atoms with E-state index in [2.05, 4.69) is 15.4 Å². The maximum atomic E-state index is 12.5. The zero-order valence-corrected chi connectivity index (χ0v) is 18.2. The Morgan fingerprint density at radius 3 is 2.70 bits per heavy atom. The lowest BCUT2D eigenvalue weighted by Gasteiger charge is -2.12. The molecule has 0 aliphatic carbocycles. The summed E-state index contributed by atoms with van der Waals surface area (Å²) in [6, 6.07) is 6.63. The molecule has 0 radical (unpaired) electrons. The van der Waals surface area contributed by atoms with Crippen molar-refractivity contribution >= 4 is 32.7 Å². The first-order chi connectivity index (χ1) is 14.1. The average molecular weight is 432 g/mol. The molecule has 3 aromatic rings. The Hall–Kier alpha value is -2.98. The van der Waals surface area contributed by atoms with Crippen LogP contribution < -0.4 is 15.2 Å². The van der Waals surface area contributed by atoms with Crippen molar-refractivity contribution in [1.82, 2.24) is 14.8 Å². The number of fused-ring (bicyclic) bond motifs is 1. The first-order valence-corrected chi connectivity index (χ1v) is 11.1. The second-order valence-corrected chi connectivity index (χ2v) is 8.80. The van der Waals surface area contributed by atoms with Gasteiger partial charge in [-0.15, -0.1) is 5.10 Å². The van der Waals surface area contributed by atoms with Crippen LogP contribution in [0.2, 0.25) is 0 Å². The van der Waals surface area contributed by atoms with Crippen LogP contribution in [0.5, 0.6) is 5.88 Å². The standard InChI is InChI=1S/C20H25N5O4S/c1-12-16(13(2)22-19-18(12)20(29-4)24-25(19)3)8-9-17(26)23-15-7-5-6-14(10-15)11-30(21,27)28/h5-7,10H,8-9,11H2,1-4H3,(H,23,26)(H2,21,27,28). The monoisotopic (exact) mass is 431 g/mol. The Kier molecular flexibility index (Phi) is 6.09. The minimum Gasteiger partial charge on any atom is -0.479 e. The number of pyridine rings is 1. The highest BCUT2D eigenvalue weighted by Gasteiger charge is 2.18. The summed E-state index contributed by atoms with van der Waals surface area (Å²) >= 11 is 0. The average Bonchev–Trinajstić information content (AvgIpc) is 2.96.